The van der Waals surface area contributed by atoms with E-state index < -0.39 is 17.5 Å². The van der Waals surface area contributed by atoms with Crippen molar-refractivity contribution >= 4 is 22.6 Å². The summed E-state index contributed by atoms with van der Waals surface area (Å²) in [5.41, 5.74) is 2.61. The van der Waals surface area contributed by atoms with Gasteiger partial charge in [-0.2, -0.15) is 0 Å². The molecule has 39 heavy (non-hydrogen) atoms. The van der Waals surface area contributed by atoms with Crippen molar-refractivity contribution in [2.24, 2.45) is 0 Å². The van der Waals surface area contributed by atoms with Crippen molar-refractivity contribution in [3.8, 4) is 34.3 Å². The molecule has 10 heteroatoms. The molecule has 0 saturated heterocycles. The smallest absolute Gasteiger partial charge is 0.261 e. The maximum absolute atomic E-state index is 15.0. The molecule has 5 aromatic rings. The third-order valence-corrected chi connectivity index (χ3v) is 6.09. The number of methoxy groups -OCH3 is 1. The van der Waals surface area contributed by atoms with E-state index in [-0.39, 0.29) is 39.8 Å². The van der Waals surface area contributed by atoms with E-state index in [4.69, 9.17) is 9.47 Å². The number of nitrogens with zero attached hydrogens (tertiary/aromatic N) is 3. The minimum absolute atomic E-state index is 0.0831. The monoisotopic (exact) mass is 528 g/mol. The molecule has 0 bridgehead atoms. The van der Waals surface area contributed by atoms with Gasteiger partial charge >= 0.3 is 0 Å². The zero-order valence-corrected chi connectivity index (χ0v) is 21.1. The average molecular weight is 529 g/mol. The summed E-state index contributed by atoms with van der Waals surface area (Å²) >= 11 is 0. The Bertz CT molecular complexity index is 1740. The third kappa shape index (κ3) is 5.04. The normalized spacial score (nSPS) is 10.9. The second kappa shape index (κ2) is 10.3. The Balaban J connectivity index is 1.41. The number of fused-ring (bicyclic) bond motifs is 1. The number of aromatic hydroxyl groups is 1. The second-order valence-corrected chi connectivity index (χ2v) is 8.67. The Kier molecular flexibility index (Phi) is 6.76. The summed E-state index contributed by atoms with van der Waals surface area (Å²) in [4.78, 5) is 25.9. The maximum Gasteiger partial charge on any atom is 0.261 e. The van der Waals surface area contributed by atoms with Gasteiger partial charge in [0.25, 0.3) is 5.91 Å². The van der Waals surface area contributed by atoms with E-state index in [1.54, 1.807) is 32.0 Å². The zero-order valence-electron chi connectivity index (χ0n) is 21.1. The number of pyridine rings is 3. The molecule has 196 valence electrons. The lowest BCUT2D eigenvalue weighted by Crippen LogP contribution is -2.15. The van der Waals surface area contributed by atoms with Gasteiger partial charge in [-0.3, -0.25) is 14.8 Å². The molecule has 5 rings (SSSR count). The van der Waals surface area contributed by atoms with Gasteiger partial charge in [0.1, 0.15) is 22.6 Å². The summed E-state index contributed by atoms with van der Waals surface area (Å²) in [7, 11) is 1.48. The summed E-state index contributed by atoms with van der Waals surface area (Å²) in [6.07, 6.45) is 2.93. The van der Waals surface area contributed by atoms with Crippen LogP contribution in [-0.4, -0.2) is 33.1 Å². The summed E-state index contributed by atoms with van der Waals surface area (Å²) in [6.45, 7) is 3.25. The van der Waals surface area contributed by atoms with Gasteiger partial charge in [0, 0.05) is 41.8 Å². The lowest BCUT2D eigenvalue weighted by molar-refractivity contribution is 0.102. The van der Waals surface area contributed by atoms with Crippen LogP contribution in [0.4, 0.5) is 14.5 Å². The molecule has 0 unspecified atom stereocenters. The number of hydrogen-bond acceptors (Lipinski definition) is 7. The highest BCUT2D eigenvalue weighted by Crippen LogP contribution is 2.36. The van der Waals surface area contributed by atoms with Crippen molar-refractivity contribution in [3.63, 3.8) is 0 Å². The Morgan fingerprint density at radius 1 is 0.949 bits per heavy atom. The molecule has 3 aromatic heterocycles. The topological polar surface area (TPSA) is 106 Å². The number of aryl methyl sites for hydroxylation is 2. The number of nitrogens with one attached hydrogen (secondary N) is 1. The highest BCUT2D eigenvalue weighted by Gasteiger charge is 2.21. The molecule has 0 aliphatic rings. The fraction of sp³-hybridized carbons (Fsp3) is 0.103. The molecule has 0 fully saturated rings. The highest BCUT2D eigenvalue weighted by molar-refractivity contribution is 6.08. The first-order valence-electron chi connectivity index (χ1n) is 11.8. The molecule has 0 atom stereocenters. The molecule has 2 aromatic carbocycles. The molecule has 2 N–H and O–H groups in total. The number of rotatable bonds is 6. The van der Waals surface area contributed by atoms with Crippen LogP contribution in [0.15, 0.2) is 67.0 Å². The van der Waals surface area contributed by atoms with Crippen molar-refractivity contribution in [2.75, 3.05) is 12.4 Å². The quantitative estimate of drug-likeness (QED) is 0.265. The molecule has 0 saturated carbocycles. The number of carbonyl (C=O) groups is 1. The largest absolute Gasteiger partial charge is 0.506 e. The van der Waals surface area contributed by atoms with Crippen molar-refractivity contribution in [1.29, 1.82) is 0 Å². The van der Waals surface area contributed by atoms with Crippen LogP contribution in [0, 0.1) is 25.5 Å². The van der Waals surface area contributed by atoms with E-state index in [0.29, 0.717) is 28.0 Å². The van der Waals surface area contributed by atoms with Crippen molar-refractivity contribution < 1.29 is 28.2 Å². The summed E-state index contributed by atoms with van der Waals surface area (Å²) in [5, 5.41) is 13.5. The Morgan fingerprint density at radius 2 is 1.77 bits per heavy atom. The molecular formula is C29H22F2N4O4. The molecule has 3 heterocycles. The number of benzene rings is 2. The van der Waals surface area contributed by atoms with Gasteiger partial charge in [0.15, 0.2) is 17.3 Å². The standard InChI is InChI=1S/C29H22F2N4O4/c1-15-12-17(30)4-6-19(15)20-14-33-16(2)26(28(20)36)29(37)34-18-5-8-23(21(31)13-18)39-24-10-11-32-22-7-9-25(38-3)35-27(22)24/h4-14H,1-3H3,(H,33,36)(H,34,37). The van der Waals surface area contributed by atoms with Gasteiger partial charge in [-0.25, -0.2) is 13.8 Å². The number of halogens is 2. The van der Waals surface area contributed by atoms with Gasteiger partial charge in [-0.1, -0.05) is 6.07 Å². The predicted molar refractivity (Wildman–Crippen MR) is 141 cm³/mol. The van der Waals surface area contributed by atoms with Gasteiger partial charge < -0.3 is 19.9 Å². The van der Waals surface area contributed by atoms with E-state index in [9.17, 15) is 14.3 Å². The highest BCUT2D eigenvalue weighted by atomic mass is 19.1. The van der Waals surface area contributed by atoms with E-state index in [1.165, 1.54) is 49.8 Å². The molecule has 0 aliphatic carbocycles. The molecule has 8 nitrogen and oxygen atoms in total. The molecular weight excluding hydrogens is 506 g/mol. The Labute approximate surface area is 221 Å². The van der Waals surface area contributed by atoms with E-state index >= 15 is 4.39 Å². The average Bonchev–Trinajstić information content (AvgIpc) is 2.91. The van der Waals surface area contributed by atoms with Crippen LogP contribution >= 0.6 is 0 Å². The number of hydrogen-bond donors (Lipinski definition) is 2. The number of amides is 1. The minimum Gasteiger partial charge on any atom is -0.506 e. The van der Waals surface area contributed by atoms with Gasteiger partial charge in [-0.15, -0.1) is 0 Å². The number of aromatic nitrogens is 3. The van der Waals surface area contributed by atoms with E-state index in [1.807, 2.05) is 0 Å². The van der Waals surface area contributed by atoms with Gasteiger partial charge in [0.2, 0.25) is 5.88 Å². The summed E-state index contributed by atoms with van der Waals surface area (Å²) in [6, 6.07) is 12.9. The first-order chi connectivity index (χ1) is 18.7. The first-order valence-corrected chi connectivity index (χ1v) is 11.8. The van der Waals surface area contributed by atoms with Crippen LogP contribution in [0.2, 0.25) is 0 Å². The van der Waals surface area contributed by atoms with Gasteiger partial charge in [0.05, 0.1) is 18.3 Å². The van der Waals surface area contributed by atoms with Gasteiger partial charge in [-0.05, 0) is 55.3 Å². The van der Waals surface area contributed by atoms with Crippen molar-refractivity contribution in [3.05, 3.63) is 95.4 Å². The lowest BCUT2D eigenvalue weighted by Gasteiger charge is -2.14. The molecule has 0 spiro atoms. The van der Waals surface area contributed by atoms with E-state index in [0.717, 1.165) is 6.07 Å². The van der Waals surface area contributed by atoms with Crippen molar-refractivity contribution in [2.45, 2.75) is 13.8 Å². The summed E-state index contributed by atoms with van der Waals surface area (Å²) in [5.74, 6) is -1.64. The second-order valence-electron chi connectivity index (χ2n) is 8.67. The van der Waals surface area contributed by atoms with Crippen LogP contribution < -0.4 is 14.8 Å². The van der Waals surface area contributed by atoms with Crippen molar-refractivity contribution in [1.82, 2.24) is 15.0 Å². The Morgan fingerprint density at radius 3 is 2.51 bits per heavy atom. The lowest BCUT2D eigenvalue weighted by atomic mass is 9.98. The Hall–Kier alpha value is -5.12. The third-order valence-electron chi connectivity index (χ3n) is 6.09. The molecule has 0 aliphatic heterocycles. The first kappa shape index (κ1) is 25.5. The van der Waals surface area contributed by atoms with Crippen LogP contribution in [0.3, 0.4) is 0 Å². The fourth-order valence-electron chi connectivity index (χ4n) is 4.14. The predicted octanol–water partition coefficient (Wildman–Crippen LogP) is 6.35. The number of ether oxygens (including phenoxy) is 2. The number of carbonyl (C=O) groups excluding carboxylic acids is 1. The molecule has 1 amide bonds. The SMILES string of the molecule is COc1ccc2nccc(Oc3ccc(NC(=O)c4c(C)ncc(-c5ccc(F)cc5C)c4O)cc3F)c2n1. The maximum atomic E-state index is 15.0. The molecule has 0 radical (unpaired) electrons. The van der Waals surface area contributed by atoms with E-state index in [2.05, 4.69) is 20.3 Å². The van der Waals surface area contributed by atoms with Crippen LogP contribution in [0.1, 0.15) is 21.6 Å². The number of anilines is 1. The fourth-order valence-corrected chi connectivity index (χ4v) is 4.14. The zero-order chi connectivity index (χ0) is 27.7. The van der Waals surface area contributed by atoms with Crippen LogP contribution in [-0.2, 0) is 0 Å². The van der Waals surface area contributed by atoms with Crippen LogP contribution in [0.5, 0.6) is 23.1 Å². The minimum atomic E-state index is -0.740. The van der Waals surface area contributed by atoms with Crippen LogP contribution in [0.25, 0.3) is 22.2 Å². The summed E-state index contributed by atoms with van der Waals surface area (Å²) < 4.78 is 39.5.